The quantitative estimate of drug-likeness (QED) is 0.905. The van der Waals surface area contributed by atoms with E-state index >= 15 is 0 Å². The van der Waals surface area contributed by atoms with Gasteiger partial charge in [0, 0.05) is 24.9 Å². The molecule has 2 bridgehead atoms. The number of ether oxygens (including phenoxy) is 1. The van der Waals surface area contributed by atoms with Gasteiger partial charge in [0.05, 0.1) is 12.2 Å². The Kier molecular flexibility index (Phi) is 3.96. The molecule has 0 spiro atoms. The molecule has 0 saturated carbocycles. The molecule has 3 aliphatic heterocycles. The monoisotopic (exact) mass is 322 g/mol. The van der Waals surface area contributed by atoms with E-state index in [0.29, 0.717) is 24.0 Å². The summed E-state index contributed by atoms with van der Waals surface area (Å²) < 4.78 is 5.97. The summed E-state index contributed by atoms with van der Waals surface area (Å²) in [5, 5.41) is 0. The topological polar surface area (TPSA) is 55.6 Å². The Labute approximate surface area is 137 Å². The molecule has 22 heavy (non-hydrogen) atoms. The number of nitrogens with two attached hydrogens (primary N) is 1. The van der Waals surface area contributed by atoms with E-state index in [1.807, 2.05) is 42.2 Å². The summed E-state index contributed by atoms with van der Waals surface area (Å²) in [5.74, 6) is 1.10. The average molecular weight is 323 g/mol. The third-order valence-electron chi connectivity index (χ3n) is 5.56. The normalized spacial score (nSPS) is 34.9. The fourth-order valence-corrected chi connectivity index (χ4v) is 4.36. The first-order chi connectivity index (χ1) is 10.1. The van der Waals surface area contributed by atoms with Crippen molar-refractivity contribution in [3.63, 3.8) is 0 Å². The van der Waals surface area contributed by atoms with Gasteiger partial charge in [-0.25, -0.2) is 0 Å². The standard InChI is InChI=1S/C17H22N2O2.ClH/c1-17(18,11-5-3-2-4-6-11)16(20)19-9-12-13(10-19)15-8-7-14(12)21-15;/h2-6,12-15H,7-10,18H2,1H3;1H. The molecule has 5 unspecified atom stereocenters. The number of nitrogens with zero attached hydrogens (tertiary/aromatic N) is 1. The molecule has 3 heterocycles. The van der Waals surface area contributed by atoms with Gasteiger partial charge >= 0.3 is 0 Å². The average Bonchev–Trinajstić information content (AvgIpc) is 3.19. The lowest BCUT2D eigenvalue weighted by Crippen LogP contribution is -2.50. The molecule has 1 aromatic rings. The minimum absolute atomic E-state index is 0. The Balaban J connectivity index is 0.00000144. The van der Waals surface area contributed by atoms with Crippen LogP contribution in [0.25, 0.3) is 0 Å². The molecule has 0 aromatic heterocycles. The molecule has 4 rings (SSSR count). The number of carbonyl (C=O) groups excluding carboxylic acids is 1. The van der Waals surface area contributed by atoms with Crippen LogP contribution in [0.15, 0.2) is 30.3 Å². The van der Waals surface area contributed by atoms with Crippen LogP contribution in [0.1, 0.15) is 25.3 Å². The molecular weight excluding hydrogens is 300 g/mol. The summed E-state index contributed by atoms with van der Waals surface area (Å²) in [7, 11) is 0. The Morgan fingerprint density at radius 2 is 1.73 bits per heavy atom. The molecule has 1 aromatic carbocycles. The van der Waals surface area contributed by atoms with Gasteiger partial charge in [0.2, 0.25) is 5.91 Å². The van der Waals surface area contributed by atoms with E-state index in [-0.39, 0.29) is 18.3 Å². The summed E-state index contributed by atoms with van der Waals surface area (Å²) >= 11 is 0. The molecule has 1 amide bonds. The fraction of sp³-hybridized carbons (Fsp3) is 0.588. The molecule has 3 saturated heterocycles. The first kappa shape index (κ1) is 15.8. The molecule has 0 radical (unpaired) electrons. The van der Waals surface area contributed by atoms with Crippen molar-refractivity contribution >= 4 is 18.3 Å². The molecule has 3 fully saturated rings. The number of hydrogen-bond acceptors (Lipinski definition) is 3. The van der Waals surface area contributed by atoms with E-state index in [9.17, 15) is 4.79 Å². The van der Waals surface area contributed by atoms with Gasteiger partial charge in [-0.3, -0.25) is 4.79 Å². The zero-order chi connectivity index (χ0) is 14.6. The van der Waals surface area contributed by atoms with Gasteiger partial charge in [-0.2, -0.15) is 0 Å². The Morgan fingerprint density at radius 3 is 2.27 bits per heavy atom. The van der Waals surface area contributed by atoms with Crippen LogP contribution in [0.2, 0.25) is 0 Å². The maximum absolute atomic E-state index is 12.9. The first-order valence-corrected chi connectivity index (χ1v) is 7.86. The summed E-state index contributed by atoms with van der Waals surface area (Å²) in [6.07, 6.45) is 3.07. The molecule has 4 nitrogen and oxygen atoms in total. The minimum atomic E-state index is -0.945. The van der Waals surface area contributed by atoms with Crippen molar-refractivity contribution in [1.29, 1.82) is 0 Å². The predicted octanol–water partition coefficient (Wildman–Crippen LogP) is 1.92. The minimum Gasteiger partial charge on any atom is -0.374 e. The Bertz CT molecular complexity index is 545. The first-order valence-electron chi connectivity index (χ1n) is 7.86. The van der Waals surface area contributed by atoms with Gasteiger partial charge in [0.15, 0.2) is 0 Å². The number of benzene rings is 1. The van der Waals surface area contributed by atoms with Gasteiger partial charge in [-0.1, -0.05) is 30.3 Å². The van der Waals surface area contributed by atoms with Crippen LogP contribution in [0.4, 0.5) is 0 Å². The molecule has 5 heteroatoms. The van der Waals surface area contributed by atoms with Gasteiger partial charge in [-0.05, 0) is 25.3 Å². The van der Waals surface area contributed by atoms with E-state index in [1.165, 1.54) is 0 Å². The van der Waals surface area contributed by atoms with Crippen molar-refractivity contribution in [2.45, 2.75) is 37.5 Å². The van der Waals surface area contributed by atoms with Crippen molar-refractivity contribution in [2.75, 3.05) is 13.1 Å². The highest BCUT2D eigenvalue weighted by Gasteiger charge is 2.54. The van der Waals surface area contributed by atoms with E-state index in [2.05, 4.69) is 0 Å². The number of halogens is 1. The molecular formula is C17H23ClN2O2. The van der Waals surface area contributed by atoms with E-state index in [4.69, 9.17) is 10.5 Å². The van der Waals surface area contributed by atoms with Crippen LogP contribution in [-0.2, 0) is 15.1 Å². The number of hydrogen-bond donors (Lipinski definition) is 1. The molecule has 0 aliphatic carbocycles. The van der Waals surface area contributed by atoms with E-state index in [1.54, 1.807) is 0 Å². The van der Waals surface area contributed by atoms with Crippen LogP contribution in [0, 0.1) is 11.8 Å². The zero-order valence-corrected chi connectivity index (χ0v) is 13.6. The van der Waals surface area contributed by atoms with E-state index < -0.39 is 5.54 Å². The van der Waals surface area contributed by atoms with Gasteiger partial charge in [0.1, 0.15) is 5.54 Å². The lowest BCUT2D eigenvalue weighted by atomic mass is 9.82. The molecule has 5 atom stereocenters. The highest BCUT2D eigenvalue weighted by molar-refractivity contribution is 5.87. The van der Waals surface area contributed by atoms with Crippen LogP contribution in [0.3, 0.4) is 0 Å². The molecule has 3 aliphatic rings. The number of rotatable bonds is 2. The third kappa shape index (κ3) is 2.25. The highest BCUT2D eigenvalue weighted by Crippen LogP contribution is 2.47. The van der Waals surface area contributed by atoms with Gasteiger partial charge < -0.3 is 15.4 Å². The zero-order valence-electron chi connectivity index (χ0n) is 12.8. The van der Waals surface area contributed by atoms with Crippen molar-refractivity contribution in [2.24, 2.45) is 17.6 Å². The van der Waals surface area contributed by atoms with Gasteiger partial charge in [-0.15, -0.1) is 12.4 Å². The molecule has 2 N–H and O–H groups in total. The fourth-order valence-electron chi connectivity index (χ4n) is 4.36. The highest BCUT2D eigenvalue weighted by atomic mass is 35.5. The SMILES string of the molecule is CC(N)(C(=O)N1CC2C3CCC(O3)C2C1)c1ccccc1.Cl. The third-order valence-corrected chi connectivity index (χ3v) is 5.56. The van der Waals surface area contributed by atoms with Crippen molar-refractivity contribution in [3.8, 4) is 0 Å². The van der Waals surface area contributed by atoms with Crippen LogP contribution in [0.5, 0.6) is 0 Å². The molecule has 120 valence electrons. The summed E-state index contributed by atoms with van der Waals surface area (Å²) in [5.41, 5.74) is 6.31. The smallest absolute Gasteiger partial charge is 0.246 e. The lowest BCUT2D eigenvalue weighted by Gasteiger charge is -2.30. The lowest BCUT2D eigenvalue weighted by molar-refractivity contribution is -0.136. The van der Waals surface area contributed by atoms with Crippen LogP contribution < -0.4 is 5.73 Å². The number of amides is 1. The van der Waals surface area contributed by atoms with E-state index in [0.717, 1.165) is 31.5 Å². The summed E-state index contributed by atoms with van der Waals surface area (Å²) in [4.78, 5) is 14.9. The van der Waals surface area contributed by atoms with Crippen LogP contribution in [-0.4, -0.2) is 36.1 Å². The van der Waals surface area contributed by atoms with Crippen molar-refractivity contribution < 1.29 is 9.53 Å². The van der Waals surface area contributed by atoms with Crippen molar-refractivity contribution in [3.05, 3.63) is 35.9 Å². The van der Waals surface area contributed by atoms with Crippen LogP contribution >= 0.6 is 12.4 Å². The Hall–Kier alpha value is -1.10. The number of carbonyl (C=O) groups is 1. The summed E-state index contributed by atoms with van der Waals surface area (Å²) in [6.45, 7) is 3.44. The second-order valence-electron chi connectivity index (χ2n) is 6.90. The Morgan fingerprint density at radius 1 is 1.18 bits per heavy atom. The predicted molar refractivity (Wildman–Crippen MR) is 86.7 cm³/mol. The van der Waals surface area contributed by atoms with Crippen molar-refractivity contribution in [1.82, 2.24) is 4.90 Å². The largest absolute Gasteiger partial charge is 0.374 e. The number of likely N-dealkylation sites (tertiary alicyclic amines) is 1. The second-order valence-corrected chi connectivity index (χ2v) is 6.90. The summed E-state index contributed by atoms with van der Waals surface area (Å²) in [6, 6.07) is 9.67. The van der Waals surface area contributed by atoms with Gasteiger partial charge in [0.25, 0.3) is 0 Å². The maximum atomic E-state index is 12.9. The number of fused-ring (bicyclic) bond motifs is 5. The maximum Gasteiger partial charge on any atom is 0.246 e. The second kappa shape index (κ2) is 5.52.